The van der Waals surface area contributed by atoms with Gasteiger partial charge in [-0.2, -0.15) is 0 Å². The Hall–Kier alpha value is -0.820. The van der Waals surface area contributed by atoms with Gasteiger partial charge in [0, 0.05) is 18.1 Å². The number of hydrogen-bond acceptors (Lipinski definition) is 1. The van der Waals surface area contributed by atoms with Crippen molar-refractivity contribution in [2.24, 2.45) is 5.92 Å². The molecule has 2 aliphatic heterocycles. The second-order valence-corrected chi connectivity index (χ2v) is 6.12. The summed E-state index contributed by atoms with van der Waals surface area (Å²) >= 11 is 0. The molecule has 1 aromatic carbocycles. The van der Waals surface area contributed by atoms with Crippen LogP contribution in [-0.2, 0) is 0 Å². The van der Waals surface area contributed by atoms with Crippen LogP contribution in [0, 0.1) is 5.92 Å². The smallest absolute Gasteiger partial charge is 0.0360 e. The maximum atomic E-state index is 2.85. The van der Waals surface area contributed by atoms with Gasteiger partial charge in [-0.05, 0) is 56.1 Å². The Balaban J connectivity index is 1.75. The quantitative estimate of drug-likeness (QED) is 0.736. The number of piperidine rings is 1. The molecule has 1 nitrogen and oxygen atoms in total. The molecule has 17 heavy (non-hydrogen) atoms. The summed E-state index contributed by atoms with van der Waals surface area (Å²) in [5.74, 6) is 0.993. The second-order valence-electron chi connectivity index (χ2n) is 6.12. The van der Waals surface area contributed by atoms with Crippen LogP contribution in [0.5, 0.6) is 0 Å². The summed E-state index contributed by atoms with van der Waals surface area (Å²) < 4.78 is 0. The summed E-state index contributed by atoms with van der Waals surface area (Å²) in [6.45, 7) is 2.47. The largest absolute Gasteiger partial charge is 0.286 e. The van der Waals surface area contributed by atoms with Crippen LogP contribution in [0.25, 0.3) is 0 Å². The van der Waals surface area contributed by atoms with Gasteiger partial charge in [-0.1, -0.05) is 24.3 Å². The Morgan fingerprint density at radius 2 is 1.59 bits per heavy atom. The molecule has 1 aliphatic carbocycles. The molecule has 4 rings (SSSR count). The molecule has 0 spiro atoms. The van der Waals surface area contributed by atoms with Crippen LogP contribution in [0.1, 0.15) is 62.2 Å². The van der Waals surface area contributed by atoms with E-state index in [9.17, 15) is 0 Å². The zero-order valence-electron chi connectivity index (χ0n) is 10.6. The molecular formula is C16H21N. The molecule has 3 unspecified atom stereocenters. The van der Waals surface area contributed by atoms with Crippen molar-refractivity contribution in [3.63, 3.8) is 0 Å². The minimum absolute atomic E-state index is 0.737. The first kappa shape index (κ1) is 10.1. The predicted molar refractivity (Wildman–Crippen MR) is 69.8 cm³/mol. The topological polar surface area (TPSA) is 3.24 Å². The number of nitrogens with zero attached hydrogens (tertiary/aromatic N) is 1. The molecule has 90 valence electrons. The van der Waals surface area contributed by atoms with Crippen LogP contribution >= 0.6 is 0 Å². The van der Waals surface area contributed by atoms with Crippen LogP contribution in [0.3, 0.4) is 0 Å². The van der Waals surface area contributed by atoms with Crippen molar-refractivity contribution in [2.45, 2.75) is 57.2 Å². The highest BCUT2D eigenvalue weighted by Crippen LogP contribution is 2.54. The van der Waals surface area contributed by atoms with E-state index in [0.717, 1.165) is 24.0 Å². The van der Waals surface area contributed by atoms with Crippen molar-refractivity contribution in [1.29, 1.82) is 0 Å². The fraction of sp³-hybridized carbons (Fsp3) is 0.625. The lowest BCUT2D eigenvalue weighted by Gasteiger charge is -2.40. The van der Waals surface area contributed by atoms with E-state index in [4.69, 9.17) is 0 Å². The lowest BCUT2D eigenvalue weighted by atomic mass is 9.97. The molecule has 1 heteroatoms. The first-order valence-electron chi connectivity index (χ1n) is 7.22. The maximum Gasteiger partial charge on any atom is 0.0360 e. The zero-order valence-corrected chi connectivity index (χ0v) is 10.6. The van der Waals surface area contributed by atoms with Crippen LogP contribution in [0.4, 0.5) is 0 Å². The van der Waals surface area contributed by atoms with Gasteiger partial charge in [-0.25, -0.2) is 0 Å². The highest BCUT2D eigenvalue weighted by molar-refractivity contribution is 5.39. The van der Waals surface area contributed by atoms with E-state index < -0.39 is 0 Å². The molecule has 1 saturated heterocycles. The Bertz CT molecular complexity index is 404. The monoisotopic (exact) mass is 227 g/mol. The molecular weight excluding hydrogens is 206 g/mol. The molecule has 2 heterocycles. The van der Waals surface area contributed by atoms with Gasteiger partial charge >= 0.3 is 0 Å². The van der Waals surface area contributed by atoms with Gasteiger partial charge in [0.05, 0.1) is 0 Å². The Kier molecular flexibility index (Phi) is 2.14. The minimum atomic E-state index is 0.737. The first-order chi connectivity index (χ1) is 8.36. The van der Waals surface area contributed by atoms with Crippen molar-refractivity contribution < 1.29 is 0 Å². The van der Waals surface area contributed by atoms with Crippen LogP contribution < -0.4 is 0 Å². The van der Waals surface area contributed by atoms with Gasteiger partial charge in [0.25, 0.3) is 0 Å². The van der Waals surface area contributed by atoms with Gasteiger partial charge in [0.1, 0.15) is 0 Å². The average molecular weight is 227 g/mol. The van der Waals surface area contributed by atoms with Crippen molar-refractivity contribution in [3.8, 4) is 0 Å². The molecule has 2 fully saturated rings. The van der Waals surface area contributed by atoms with Crippen LogP contribution in [-0.4, -0.2) is 10.9 Å². The van der Waals surface area contributed by atoms with Gasteiger partial charge in [0.15, 0.2) is 0 Å². The molecule has 0 aromatic heterocycles. The fourth-order valence-corrected chi connectivity index (χ4v) is 4.16. The normalized spacial score (nSPS) is 33.5. The van der Waals surface area contributed by atoms with Crippen molar-refractivity contribution in [1.82, 2.24) is 4.90 Å². The summed E-state index contributed by atoms with van der Waals surface area (Å²) in [6, 6.07) is 11.5. The molecule has 2 bridgehead atoms. The van der Waals surface area contributed by atoms with Crippen molar-refractivity contribution in [2.75, 3.05) is 0 Å². The minimum Gasteiger partial charge on any atom is -0.286 e. The Morgan fingerprint density at radius 3 is 2.12 bits per heavy atom. The van der Waals surface area contributed by atoms with E-state index in [0.29, 0.717) is 0 Å². The maximum absolute atomic E-state index is 2.85. The first-order valence-corrected chi connectivity index (χ1v) is 7.22. The van der Waals surface area contributed by atoms with Gasteiger partial charge in [-0.15, -0.1) is 0 Å². The number of hydrogen-bond donors (Lipinski definition) is 0. The van der Waals surface area contributed by atoms with E-state index >= 15 is 0 Å². The zero-order chi connectivity index (χ0) is 11.4. The average Bonchev–Trinajstić information content (AvgIpc) is 3.18. The summed E-state index contributed by atoms with van der Waals surface area (Å²) in [4.78, 5) is 2.85. The third-order valence-corrected chi connectivity index (χ3v) is 5.16. The molecule has 1 aromatic rings. The van der Waals surface area contributed by atoms with E-state index in [1.54, 1.807) is 11.1 Å². The molecule has 1 saturated carbocycles. The second kappa shape index (κ2) is 3.58. The van der Waals surface area contributed by atoms with E-state index in [2.05, 4.69) is 36.1 Å². The lowest BCUT2D eigenvalue weighted by molar-refractivity contribution is 0.0564. The Labute approximate surface area is 104 Å². The van der Waals surface area contributed by atoms with E-state index in [1.165, 1.54) is 32.1 Å². The van der Waals surface area contributed by atoms with E-state index in [-0.39, 0.29) is 0 Å². The summed E-state index contributed by atoms with van der Waals surface area (Å²) in [5, 5.41) is 0. The molecule has 3 aliphatic rings. The van der Waals surface area contributed by atoms with Gasteiger partial charge in [-0.3, -0.25) is 4.90 Å². The van der Waals surface area contributed by atoms with Crippen LogP contribution in [0.2, 0.25) is 0 Å². The fourth-order valence-electron chi connectivity index (χ4n) is 4.16. The number of benzene rings is 1. The number of rotatable bonds is 2. The van der Waals surface area contributed by atoms with E-state index in [1.807, 2.05) is 0 Å². The third-order valence-electron chi connectivity index (χ3n) is 5.16. The molecule has 0 amide bonds. The summed E-state index contributed by atoms with van der Waals surface area (Å²) in [7, 11) is 0. The highest BCUT2D eigenvalue weighted by Gasteiger charge is 2.46. The molecule has 3 atom stereocenters. The van der Waals surface area contributed by atoms with Gasteiger partial charge in [0.2, 0.25) is 0 Å². The SMILES string of the molecule is CC(C1CC1)N1C2CCCC1c1ccccc12. The summed E-state index contributed by atoms with van der Waals surface area (Å²) in [6.07, 6.45) is 7.11. The third kappa shape index (κ3) is 1.41. The predicted octanol–water partition coefficient (Wildman–Crippen LogP) is 4.07. The number of fused-ring (bicyclic) bond motifs is 5. The standard InChI is InChI=1S/C16H21N/c1-11(12-9-10-12)17-15-7-4-8-16(17)14-6-3-2-5-13(14)15/h2-3,5-6,11-12,15-16H,4,7-10H2,1H3. The van der Waals surface area contributed by atoms with Crippen LogP contribution in [0.15, 0.2) is 24.3 Å². The summed E-state index contributed by atoms with van der Waals surface area (Å²) in [5.41, 5.74) is 3.28. The van der Waals surface area contributed by atoms with Crippen molar-refractivity contribution in [3.05, 3.63) is 35.4 Å². The van der Waals surface area contributed by atoms with Gasteiger partial charge < -0.3 is 0 Å². The molecule has 0 N–H and O–H groups in total. The molecule has 0 radical (unpaired) electrons. The van der Waals surface area contributed by atoms with Crippen molar-refractivity contribution >= 4 is 0 Å². The Morgan fingerprint density at radius 1 is 1.00 bits per heavy atom. The highest BCUT2D eigenvalue weighted by atomic mass is 15.2. The lowest BCUT2D eigenvalue weighted by Crippen LogP contribution is -2.38.